The lowest BCUT2D eigenvalue weighted by molar-refractivity contribution is 0.101. The summed E-state index contributed by atoms with van der Waals surface area (Å²) in [5, 5.41) is 0.659. The molecule has 0 unspecified atom stereocenters. The highest BCUT2D eigenvalue weighted by Crippen LogP contribution is 2.32. The van der Waals surface area contributed by atoms with Gasteiger partial charge in [-0.05, 0) is 32.4 Å². The molecule has 14 heavy (non-hydrogen) atoms. The summed E-state index contributed by atoms with van der Waals surface area (Å²) in [6.07, 6.45) is 0. The van der Waals surface area contributed by atoms with Gasteiger partial charge in [-0.15, -0.1) is 0 Å². The molecular weight excluding hydrogens is 200 g/mol. The minimum Gasteiger partial charge on any atom is -0.496 e. The Kier molecular flexibility index (Phi) is 3.17. The monoisotopic (exact) mass is 212 g/mol. The maximum Gasteiger partial charge on any atom is 0.163 e. The van der Waals surface area contributed by atoms with E-state index in [9.17, 15) is 4.79 Å². The molecule has 0 N–H and O–H groups in total. The smallest absolute Gasteiger partial charge is 0.163 e. The van der Waals surface area contributed by atoms with Crippen LogP contribution in [-0.4, -0.2) is 12.9 Å². The van der Waals surface area contributed by atoms with Gasteiger partial charge in [0.2, 0.25) is 0 Å². The van der Waals surface area contributed by atoms with E-state index in [1.807, 2.05) is 13.8 Å². The number of benzene rings is 1. The molecule has 0 aliphatic rings. The number of halogens is 1. The van der Waals surface area contributed by atoms with Crippen LogP contribution in [-0.2, 0) is 0 Å². The summed E-state index contributed by atoms with van der Waals surface area (Å²) in [5.41, 5.74) is 2.31. The molecule has 0 saturated carbocycles. The molecule has 2 nitrogen and oxygen atoms in total. The molecule has 0 spiro atoms. The van der Waals surface area contributed by atoms with Gasteiger partial charge in [0, 0.05) is 5.56 Å². The first-order valence-electron chi connectivity index (χ1n) is 4.33. The predicted octanol–water partition coefficient (Wildman–Crippen LogP) is 3.17. The summed E-state index contributed by atoms with van der Waals surface area (Å²) >= 11 is 6.05. The Hall–Kier alpha value is -1.02. The first-order valence-corrected chi connectivity index (χ1v) is 4.71. The van der Waals surface area contributed by atoms with Crippen molar-refractivity contribution in [3.63, 3.8) is 0 Å². The van der Waals surface area contributed by atoms with E-state index in [4.69, 9.17) is 16.3 Å². The summed E-state index contributed by atoms with van der Waals surface area (Å²) in [6.45, 7) is 5.24. The molecule has 0 aliphatic carbocycles. The molecule has 76 valence electrons. The van der Waals surface area contributed by atoms with Crippen molar-refractivity contribution in [1.82, 2.24) is 0 Å². The predicted molar refractivity (Wildman–Crippen MR) is 57.5 cm³/mol. The lowest BCUT2D eigenvalue weighted by Gasteiger charge is -2.12. The quantitative estimate of drug-likeness (QED) is 0.704. The Bertz CT molecular complexity index is 383. The van der Waals surface area contributed by atoms with Crippen molar-refractivity contribution in [3.8, 4) is 5.75 Å². The highest BCUT2D eigenvalue weighted by molar-refractivity contribution is 6.32. The molecule has 0 amide bonds. The average Bonchev–Trinajstić information content (AvgIpc) is 2.13. The van der Waals surface area contributed by atoms with E-state index >= 15 is 0 Å². The van der Waals surface area contributed by atoms with Crippen molar-refractivity contribution in [3.05, 3.63) is 27.8 Å². The van der Waals surface area contributed by atoms with E-state index in [0.717, 1.165) is 11.1 Å². The lowest BCUT2D eigenvalue weighted by atomic mass is 10.0. The number of Topliss-reactive ketones (excluding diaryl/α,β-unsaturated/α-hetero) is 1. The fourth-order valence-corrected chi connectivity index (χ4v) is 1.61. The number of rotatable bonds is 2. The number of carbonyl (C=O) groups is 1. The first kappa shape index (κ1) is 11.1. The van der Waals surface area contributed by atoms with Crippen LogP contribution in [0.3, 0.4) is 0 Å². The van der Waals surface area contributed by atoms with Gasteiger partial charge in [-0.2, -0.15) is 0 Å². The largest absolute Gasteiger partial charge is 0.496 e. The third-order valence-corrected chi connectivity index (χ3v) is 2.79. The topological polar surface area (TPSA) is 26.3 Å². The molecule has 0 fully saturated rings. The third kappa shape index (κ3) is 1.75. The van der Waals surface area contributed by atoms with Crippen LogP contribution in [0.5, 0.6) is 5.75 Å². The van der Waals surface area contributed by atoms with Crippen molar-refractivity contribution in [2.24, 2.45) is 0 Å². The molecule has 0 radical (unpaired) electrons. The van der Waals surface area contributed by atoms with Crippen LogP contribution < -0.4 is 4.74 Å². The number of ether oxygens (including phenoxy) is 1. The van der Waals surface area contributed by atoms with Crippen molar-refractivity contribution in [2.75, 3.05) is 7.11 Å². The van der Waals surface area contributed by atoms with E-state index in [1.165, 1.54) is 6.92 Å². The second kappa shape index (κ2) is 4.01. The maximum absolute atomic E-state index is 11.3. The molecule has 0 aliphatic heterocycles. The molecule has 3 heteroatoms. The highest BCUT2D eigenvalue weighted by atomic mass is 35.5. The Balaban J connectivity index is 3.51. The van der Waals surface area contributed by atoms with Crippen LogP contribution in [0.25, 0.3) is 0 Å². The fraction of sp³-hybridized carbons (Fsp3) is 0.364. The van der Waals surface area contributed by atoms with Gasteiger partial charge in [0.1, 0.15) is 5.75 Å². The minimum absolute atomic E-state index is 0.00952. The van der Waals surface area contributed by atoms with Crippen molar-refractivity contribution >= 4 is 17.4 Å². The number of hydrogen-bond acceptors (Lipinski definition) is 2. The third-order valence-electron chi connectivity index (χ3n) is 2.20. The maximum atomic E-state index is 11.3. The Labute approximate surface area is 88.8 Å². The van der Waals surface area contributed by atoms with Crippen LogP contribution in [0.15, 0.2) is 6.07 Å². The van der Waals surface area contributed by atoms with E-state index in [1.54, 1.807) is 13.2 Å². The lowest BCUT2D eigenvalue weighted by Crippen LogP contribution is -2.01. The molecule has 0 heterocycles. The second-order valence-electron chi connectivity index (χ2n) is 3.27. The van der Waals surface area contributed by atoms with E-state index < -0.39 is 0 Å². The van der Waals surface area contributed by atoms with Crippen molar-refractivity contribution < 1.29 is 9.53 Å². The Morgan fingerprint density at radius 2 is 2.00 bits per heavy atom. The average molecular weight is 213 g/mol. The number of aryl methyl sites for hydroxylation is 1. The second-order valence-corrected chi connectivity index (χ2v) is 3.65. The van der Waals surface area contributed by atoms with Gasteiger partial charge in [0.15, 0.2) is 5.78 Å². The van der Waals surface area contributed by atoms with Gasteiger partial charge in [0.25, 0.3) is 0 Å². The molecule has 1 aromatic carbocycles. The molecule has 0 aromatic heterocycles. The van der Waals surface area contributed by atoms with Crippen LogP contribution >= 0.6 is 11.6 Å². The number of carbonyl (C=O) groups excluding carboxylic acids is 1. The van der Waals surface area contributed by atoms with Gasteiger partial charge in [-0.25, -0.2) is 0 Å². The molecule has 0 atom stereocenters. The van der Waals surface area contributed by atoms with Crippen LogP contribution in [0.4, 0.5) is 0 Å². The highest BCUT2D eigenvalue weighted by Gasteiger charge is 2.14. The van der Waals surface area contributed by atoms with E-state index in [2.05, 4.69) is 0 Å². The normalized spacial score (nSPS) is 10.1. The minimum atomic E-state index is -0.00952. The van der Waals surface area contributed by atoms with Crippen LogP contribution in [0.2, 0.25) is 5.02 Å². The molecular formula is C11H13ClO2. The Morgan fingerprint density at radius 1 is 1.43 bits per heavy atom. The molecule has 1 aromatic rings. The number of ketones is 1. The first-order chi connectivity index (χ1) is 6.49. The van der Waals surface area contributed by atoms with Crippen molar-refractivity contribution in [2.45, 2.75) is 20.8 Å². The summed E-state index contributed by atoms with van der Waals surface area (Å²) < 4.78 is 5.17. The van der Waals surface area contributed by atoms with E-state index in [-0.39, 0.29) is 5.78 Å². The van der Waals surface area contributed by atoms with Gasteiger partial charge in [-0.3, -0.25) is 4.79 Å². The summed E-state index contributed by atoms with van der Waals surface area (Å²) in [6, 6.07) is 1.76. The molecule has 1 rings (SSSR count). The van der Waals surface area contributed by atoms with Crippen molar-refractivity contribution in [1.29, 1.82) is 0 Å². The van der Waals surface area contributed by atoms with Gasteiger partial charge < -0.3 is 4.74 Å². The summed E-state index contributed by atoms with van der Waals surface area (Å²) in [4.78, 5) is 11.3. The Morgan fingerprint density at radius 3 is 2.43 bits per heavy atom. The van der Waals surface area contributed by atoms with Crippen LogP contribution in [0.1, 0.15) is 28.4 Å². The zero-order valence-electron chi connectivity index (χ0n) is 8.77. The zero-order chi connectivity index (χ0) is 10.9. The fourth-order valence-electron chi connectivity index (χ4n) is 1.47. The summed E-state index contributed by atoms with van der Waals surface area (Å²) in [7, 11) is 1.54. The van der Waals surface area contributed by atoms with Gasteiger partial charge in [-0.1, -0.05) is 11.6 Å². The molecule has 0 bridgehead atoms. The number of methoxy groups -OCH3 is 1. The number of hydrogen-bond donors (Lipinski definition) is 0. The standard InChI is InChI=1S/C11H13ClO2/c1-6-5-9(8(3)13)11(14-4)7(2)10(6)12/h5H,1-4H3. The van der Waals surface area contributed by atoms with E-state index in [0.29, 0.717) is 16.3 Å². The SMILES string of the molecule is COc1c(C(C)=O)cc(C)c(Cl)c1C. The zero-order valence-corrected chi connectivity index (χ0v) is 9.53. The van der Waals surface area contributed by atoms with Gasteiger partial charge in [0.05, 0.1) is 17.7 Å². The van der Waals surface area contributed by atoms with Gasteiger partial charge >= 0.3 is 0 Å². The molecule has 0 saturated heterocycles. The summed E-state index contributed by atoms with van der Waals surface area (Å²) in [5.74, 6) is 0.567. The van der Waals surface area contributed by atoms with Crippen LogP contribution in [0, 0.1) is 13.8 Å².